The third-order valence-corrected chi connectivity index (χ3v) is 12.8. The van der Waals surface area contributed by atoms with Gasteiger partial charge in [-0.3, -0.25) is 9.59 Å². The van der Waals surface area contributed by atoms with E-state index in [2.05, 4.69) is 26.8 Å². The van der Waals surface area contributed by atoms with Crippen molar-refractivity contribution in [2.24, 2.45) is 34.5 Å². The van der Waals surface area contributed by atoms with Crippen LogP contribution in [-0.4, -0.2) is 17.9 Å². The van der Waals surface area contributed by atoms with Gasteiger partial charge >= 0.3 is 5.97 Å². The molecule has 4 rings (SSSR count). The summed E-state index contributed by atoms with van der Waals surface area (Å²) >= 11 is 0. The average Bonchev–Trinajstić information content (AvgIpc) is 3.33. The SMILES string of the molecule is CCCCCCCCCCCCCCCCCC(=O)O[C@H]1CC[C@@]2(C)C(=CC[C@H]3[C@@H]4CC[C@H](C(C)=O)[C@@]4(C)CC[C@@H]32)C1. The molecule has 0 aromatic rings. The van der Waals surface area contributed by atoms with E-state index in [9.17, 15) is 9.59 Å². The molecule has 3 heteroatoms. The maximum Gasteiger partial charge on any atom is 0.306 e. The summed E-state index contributed by atoms with van der Waals surface area (Å²) in [6.07, 6.45) is 32.5. The fraction of sp³-hybridized carbons (Fsp3) is 0.897. The molecule has 0 amide bonds. The highest BCUT2D eigenvalue weighted by molar-refractivity contribution is 5.79. The third kappa shape index (κ3) is 8.32. The van der Waals surface area contributed by atoms with E-state index in [-0.39, 0.29) is 28.8 Å². The molecule has 7 atom stereocenters. The molecule has 3 nitrogen and oxygen atoms in total. The van der Waals surface area contributed by atoms with E-state index < -0.39 is 0 Å². The molecule has 0 N–H and O–H groups in total. The summed E-state index contributed by atoms with van der Waals surface area (Å²) in [4.78, 5) is 25.1. The van der Waals surface area contributed by atoms with E-state index in [1.165, 1.54) is 109 Å². The minimum absolute atomic E-state index is 0.0299. The highest BCUT2D eigenvalue weighted by Crippen LogP contribution is 2.66. The lowest BCUT2D eigenvalue weighted by molar-refractivity contribution is -0.151. The van der Waals surface area contributed by atoms with Gasteiger partial charge in [-0.25, -0.2) is 0 Å². The van der Waals surface area contributed by atoms with Gasteiger partial charge in [0.1, 0.15) is 11.9 Å². The van der Waals surface area contributed by atoms with Crippen molar-refractivity contribution < 1.29 is 14.3 Å². The first kappa shape index (κ1) is 33.8. The summed E-state index contributed by atoms with van der Waals surface area (Å²) in [5.74, 6) is 2.89. The number of ketones is 1. The maximum atomic E-state index is 12.7. The molecular formula is C39H66O3. The Morgan fingerprint density at radius 1 is 0.762 bits per heavy atom. The Hall–Kier alpha value is -1.12. The fourth-order valence-corrected chi connectivity index (χ4v) is 10.3. The van der Waals surface area contributed by atoms with Crippen LogP contribution in [0.5, 0.6) is 0 Å². The first-order valence-electron chi connectivity index (χ1n) is 18.7. The normalized spacial score (nSPS) is 33.8. The van der Waals surface area contributed by atoms with Crippen molar-refractivity contribution >= 4 is 11.8 Å². The number of Topliss-reactive ketones (excluding diaryl/α,β-unsaturated/α-hetero) is 1. The topological polar surface area (TPSA) is 43.4 Å². The van der Waals surface area contributed by atoms with Crippen molar-refractivity contribution in [2.45, 2.75) is 188 Å². The van der Waals surface area contributed by atoms with Gasteiger partial charge in [-0.05, 0) is 86.9 Å². The predicted octanol–water partition coefficient (Wildman–Crippen LogP) is 11.3. The van der Waals surface area contributed by atoms with Crippen LogP contribution in [0, 0.1) is 34.5 Å². The van der Waals surface area contributed by atoms with Gasteiger partial charge in [-0.1, -0.05) is 122 Å². The van der Waals surface area contributed by atoms with Crippen LogP contribution in [0.1, 0.15) is 182 Å². The van der Waals surface area contributed by atoms with Gasteiger partial charge in [0.25, 0.3) is 0 Å². The van der Waals surface area contributed by atoms with Gasteiger partial charge < -0.3 is 4.74 Å². The summed E-state index contributed by atoms with van der Waals surface area (Å²) < 4.78 is 6.05. The lowest BCUT2D eigenvalue weighted by atomic mass is 9.47. The van der Waals surface area contributed by atoms with Crippen molar-refractivity contribution in [2.75, 3.05) is 0 Å². The molecule has 4 aliphatic carbocycles. The molecule has 42 heavy (non-hydrogen) atoms. The van der Waals surface area contributed by atoms with Crippen LogP contribution in [0.2, 0.25) is 0 Å². The van der Waals surface area contributed by atoms with Crippen LogP contribution in [0.4, 0.5) is 0 Å². The van der Waals surface area contributed by atoms with Crippen LogP contribution >= 0.6 is 0 Å². The van der Waals surface area contributed by atoms with Crippen LogP contribution in [0.15, 0.2) is 11.6 Å². The van der Waals surface area contributed by atoms with Crippen molar-refractivity contribution in [1.82, 2.24) is 0 Å². The predicted molar refractivity (Wildman–Crippen MR) is 175 cm³/mol. The molecule has 240 valence electrons. The van der Waals surface area contributed by atoms with E-state index in [4.69, 9.17) is 4.74 Å². The van der Waals surface area contributed by atoms with E-state index >= 15 is 0 Å². The highest BCUT2D eigenvalue weighted by Gasteiger charge is 2.59. The zero-order chi connectivity index (χ0) is 30.0. The molecular weight excluding hydrogens is 516 g/mol. The Kier molecular flexibility index (Phi) is 13.1. The molecule has 3 fully saturated rings. The summed E-state index contributed by atoms with van der Waals surface area (Å²) in [6.45, 7) is 9.07. The summed E-state index contributed by atoms with van der Waals surface area (Å²) in [5.41, 5.74) is 2.05. The number of ether oxygens (including phenoxy) is 1. The quantitative estimate of drug-likeness (QED) is 0.0917. The Balaban J connectivity index is 1.07. The largest absolute Gasteiger partial charge is 0.462 e. The van der Waals surface area contributed by atoms with Crippen molar-refractivity contribution in [3.8, 4) is 0 Å². The number of rotatable bonds is 18. The third-order valence-electron chi connectivity index (χ3n) is 12.8. The van der Waals surface area contributed by atoms with Crippen LogP contribution in [0.25, 0.3) is 0 Å². The molecule has 0 aromatic heterocycles. The molecule has 0 radical (unpaired) electrons. The van der Waals surface area contributed by atoms with Gasteiger partial charge in [-0.2, -0.15) is 0 Å². The summed E-state index contributed by atoms with van der Waals surface area (Å²) in [5, 5.41) is 0. The number of fused-ring (bicyclic) bond motifs is 5. The molecule has 0 saturated heterocycles. The second-order valence-corrected chi connectivity index (χ2v) is 15.6. The number of esters is 1. The molecule has 0 heterocycles. The van der Waals surface area contributed by atoms with E-state index in [1.807, 2.05) is 6.92 Å². The first-order valence-corrected chi connectivity index (χ1v) is 18.7. The minimum atomic E-state index is 0.0299. The Labute approximate surface area is 259 Å². The first-order chi connectivity index (χ1) is 20.3. The number of hydrogen-bond donors (Lipinski definition) is 0. The lowest BCUT2D eigenvalue weighted by Gasteiger charge is -2.58. The molecule has 0 unspecified atom stereocenters. The molecule has 0 aromatic carbocycles. The number of carbonyl (C=O) groups excluding carboxylic acids is 2. The molecule has 3 saturated carbocycles. The number of carbonyl (C=O) groups is 2. The second kappa shape index (κ2) is 16.3. The summed E-state index contributed by atoms with van der Waals surface area (Å²) in [7, 11) is 0. The second-order valence-electron chi connectivity index (χ2n) is 15.6. The summed E-state index contributed by atoms with van der Waals surface area (Å²) in [6, 6.07) is 0. The molecule has 0 spiro atoms. The maximum absolute atomic E-state index is 12.7. The molecule has 0 aliphatic heterocycles. The van der Waals surface area contributed by atoms with Gasteiger partial charge in [0, 0.05) is 18.8 Å². The Morgan fingerprint density at radius 2 is 1.36 bits per heavy atom. The van der Waals surface area contributed by atoms with Gasteiger partial charge in [-0.15, -0.1) is 0 Å². The number of unbranched alkanes of at least 4 members (excludes halogenated alkanes) is 14. The monoisotopic (exact) mass is 583 g/mol. The molecule has 0 bridgehead atoms. The van der Waals surface area contributed by atoms with Crippen molar-refractivity contribution in [1.29, 1.82) is 0 Å². The van der Waals surface area contributed by atoms with E-state index in [0.717, 1.165) is 50.4 Å². The Morgan fingerprint density at radius 3 is 1.95 bits per heavy atom. The molecule has 4 aliphatic rings. The average molecular weight is 583 g/mol. The van der Waals surface area contributed by atoms with Crippen LogP contribution < -0.4 is 0 Å². The number of allylic oxidation sites excluding steroid dienone is 1. The zero-order valence-corrected chi connectivity index (χ0v) is 28.2. The number of hydrogen-bond acceptors (Lipinski definition) is 3. The van der Waals surface area contributed by atoms with Crippen LogP contribution in [-0.2, 0) is 14.3 Å². The smallest absolute Gasteiger partial charge is 0.306 e. The zero-order valence-electron chi connectivity index (χ0n) is 28.2. The minimum Gasteiger partial charge on any atom is -0.462 e. The lowest BCUT2D eigenvalue weighted by Crippen LogP contribution is -2.51. The van der Waals surface area contributed by atoms with E-state index in [0.29, 0.717) is 18.1 Å². The van der Waals surface area contributed by atoms with Crippen molar-refractivity contribution in [3.05, 3.63) is 11.6 Å². The van der Waals surface area contributed by atoms with Gasteiger partial charge in [0.15, 0.2) is 0 Å². The van der Waals surface area contributed by atoms with Crippen molar-refractivity contribution in [3.63, 3.8) is 0 Å². The fourth-order valence-electron chi connectivity index (χ4n) is 10.3. The van der Waals surface area contributed by atoms with Crippen LogP contribution in [0.3, 0.4) is 0 Å². The van der Waals surface area contributed by atoms with E-state index in [1.54, 1.807) is 5.57 Å². The highest BCUT2D eigenvalue weighted by atomic mass is 16.5. The van der Waals surface area contributed by atoms with Gasteiger partial charge in [0.05, 0.1) is 0 Å². The Bertz CT molecular complexity index is 890. The van der Waals surface area contributed by atoms with Gasteiger partial charge in [0.2, 0.25) is 0 Å². The standard InChI is InChI=1S/C39H66O3/c1-5-6-7-8-9-10-11-12-13-14-15-16-17-18-19-20-37(41)42-32-25-27-38(3)31(29-32)21-22-33-35-24-23-34(30(2)40)39(35,4)28-26-36(33)38/h21,32-36H,5-20,22-29H2,1-4H3/t32-,33-,34+,35-,36-,38-,39+/m0/s1.